The quantitative estimate of drug-likeness (QED) is 0.212. The fraction of sp³-hybridized carbons (Fsp3) is 0.583. The summed E-state index contributed by atoms with van der Waals surface area (Å²) in [5.41, 5.74) is -6.23. The highest BCUT2D eigenvalue weighted by atomic mass is 35.5. The maximum absolute atomic E-state index is 13.6. The summed E-state index contributed by atoms with van der Waals surface area (Å²) in [6.07, 6.45) is -9.68. The Morgan fingerprint density at radius 2 is 1.86 bits per heavy atom. The monoisotopic (exact) mass is 538 g/mol. The van der Waals surface area contributed by atoms with Gasteiger partial charge in [-0.05, 0) is 30.2 Å². The summed E-state index contributed by atoms with van der Waals surface area (Å²) in [6.45, 7) is 0.753. The topological polar surface area (TPSA) is 185 Å². The molecule has 2 saturated heterocycles. The number of rotatable bonds is 1. The first-order chi connectivity index (χ1) is 17.4. The summed E-state index contributed by atoms with van der Waals surface area (Å²) in [6, 6.07) is 2.74. The first kappa shape index (κ1) is 23.9. The first-order valence-corrected chi connectivity index (χ1v) is 12.1. The highest BCUT2D eigenvalue weighted by Crippen LogP contribution is 2.71. The molecule has 3 aliphatic carbocycles. The Kier molecular flexibility index (Phi) is 4.46. The van der Waals surface area contributed by atoms with E-state index >= 15 is 0 Å². The zero-order valence-electron chi connectivity index (χ0n) is 19.5. The van der Waals surface area contributed by atoms with Crippen LogP contribution in [0.3, 0.4) is 0 Å². The number of carbonyl (C=O) groups is 2. The minimum absolute atomic E-state index is 0.0480. The van der Waals surface area contributed by atoms with E-state index in [1.807, 2.05) is 0 Å². The molecule has 0 amide bonds. The maximum Gasteiger partial charge on any atom is 0.339 e. The summed E-state index contributed by atoms with van der Waals surface area (Å²) in [7, 11) is 1.15. The van der Waals surface area contributed by atoms with E-state index in [4.69, 9.17) is 35.3 Å². The zero-order chi connectivity index (χ0) is 26.4. The summed E-state index contributed by atoms with van der Waals surface area (Å²) in [4.78, 5) is 26.6. The predicted molar refractivity (Wildman–Crippen MR) is 117 cm³/mol. The highest BCUT2D eigenvalue weighted by Gasteiger charge is 2.88. The van der Waals surface area contributed by atoms with Crippen LogP contribution in [-0.4, -0.2) is 92.4 Å². The molecule has 0 radical (unpaired) electrons. The average Bonchev–Trinajstić information content (AvgIpc) is 3.52. The number of ketones is 1. The Hall–Kier alpha value is -2.13. The summed E-state index contributed by atoms with van der Waals surface area (Å²) >= 11 is 6.54. The van der Waals surface area contributed by atoms with Gasteiger partial charge in [-0.15, -0.1) is 0 Å². The van der Waals surface area contributed by atoms with Crippen molar-refractivity contribution in [1.82, 2.24) is 0 Å². The first-order valence-electron chi connectivity index (χ1n) is 11.7. The van der Waals surface area contributed by atoms with Crippen molar-refractivity contribution in [2.45, 2.75) is 72.6 Å². The molecule has 5 N–H and O–H groups in total. The molecule has 1 spiro atoms. The van der Waals surface area contributed by atoms with Gasteiger partial charge in [0.25, 0.3) is 5.79 Å². The Balaban J connectivity index is 1.57. The third kappa shape index (κ3) is 2.32. The van der Waals surface area contributed by atoms with Crippen molar-refractivity contribution in [1.29, 1.82) is 0 Å². The van der Waals surface area contributed by atoms with Crippen molar-refractivity contribution >= 4 is 23.4 Å². The van der Waals surface area contributed by atoms with Crippen LogP contribution in [0.15, 0.2) is 23.5 Å². The summed E-state index contributed by atoms with van der Waals surface area (Å²) in [5, 5.41) is 57.0. The summed E-state index contributed by atoms with van der Waals surface area (Å²) in [5.74, 6) is -4.78. The van der Waals surface area contributed by atoms with Gasteiger partial charge in [0.15, 0.2) is 40.6 Å². The van der Waals surface area contributed by atoms with E-state index in [9.17, 15) is 35.1 Å². The van der Waals surface area contributed by atoms with Gasteiger partial charge < -0.3 is 49.2 Å². The Labute approximate surface area is 213 Å². The number of methoxy groups -OCH3 is 1. The molecule has 12 nitrogen and oxygen atoms in total. The van der Waals surface area contributed by atoms with Crippen molar-refractivity contribution in [3.05, 3.63) is 45.2 Å². The second kappa shape index (κ2) is 6.89. The SMILES string of the molecule is CO[C@H]1C(=O)OC[C@H](O)c2cc(Cl)c3c(c2)[C@]24O[C@]5(O)C(=C(C)C(=O)[C@@]16O[C@H]65)O[C@]2([C@H](O)C[C@H]4O)[C@@H]3O. The number of carbonyl (C=O) groups excluding carboxylic acids is 2. The maximum atomic E-state index is 13.6. The van der Waals surface area contributed by atoms with Gasteiger partial charge in [-0.1, -0.05) is 11.6 Å². The molecular formula is C24H23ClO12. The minimum Gasteiger partial charge on any atom is -0.476 e. The van der Waals surface area contributed by atoms with Crippen molar-refractivity contribution in [3.63, 3.8) is 0 Å². The molecule has 3 aliphatic heterocycles. The molecule has 1 aromatic carbocycles. The largest absolute Gasteiger partial charge is 0.476 e. The fourth-order valence-electron chi connectivity index (χ4n) is 7.12. The number of halogens is 1. The van der Waals surface area contributed by atoms with Crippen LogP contribution >= 0.6 is 11.6 Å². The lowest BCUT2D eigenvalue weighted by molar-refractivity contribution is -0.387. The number of fused-ring (bicyclic) bond motifs is 1. The average molecular weight is 539 g/mol. The molecule has 6 aliphatic rings. The Morgan fingerprint density at radius 1 is 1.14 bits per heavy atom. The predicted octanol–water partition coefficient (Wildman–Crippen LogP) is -1.22. The lowest BCUT2D eigenvalue weighted by Gasteiger charge is -2.55. The van der Waals surface area contributed by atoms with Crippen LogP contribution in [0.1, 0.15) is 42.2 Å². The third-order valence-corrected chi connectivity index (χ3v) is 9.09. The number of hydrogen-bond acceptors (Lipinski definition) is 12. The van der Waals surface area contributed by atoms with E-state index in [1.54, 1.807) is 0 Å². The molecule has 198 valence electrons. The molecule has 1 aromatic rings. The van der Waals surface area contributed by atoms with Crippen molar-refractivity contribution in [2.24, 2.45) is 0 Å². The molecule has 7 rings (SSSR count). The molecule has 1 saturated carbocycles. The second-order valence-electron chi connectivity index (χ2n) is 10.4. The summed E-state index contributed by atoms with van der Waals surface area (Å²) < 4.78 is 28.8. The zero-order valence-corrected chi connectivity index (χ0v) is 20.3. The van der Waals surface area contributed by atoms with Crippen molar-refractivity contribution < 1.29 is 58.8 Å². The minimum atomic E-state index is -2.56. The smallest absolute Gasteiger partial charge is 0.339 e. The van der Waals surface area contributed by atoms with Gasteiger partial charge in [-0.25, -0.2) is 4.79 Å². The molecule has 3 heterocycles. The van der Waals surface area contributed by atoms with Crippen LogP contribution in [0, 0.1) is 0 Å². The normalized spacial score (nSPS) is 49.1. The van der Waals surface area contributed by atoms with E-state index in [-0.39, 0.29) is 33.7 Å². The van der Waals surface area contributed by atoms with Crippen LogP contribution in [0.5, 0.6) is 0 Å². The molecule has 13 heteroatoms. The van der Waals surface area contributed by atoms with Crippen molar-refractivity contribution in [3.8, 4) is 0 Å². The van der Waals surface area contributed by atoms with E-state index in [0.717, 1.165) is 7.11 Å². The molecular weight excluding hydrogens is 516 g/mol. The van der Waals surface area contributed by atoms with E-state index in [2.05, 4.69) is 0 Å². The number of hydrogen-bond donors (Lipinski definition) is 5. The van der Waals surface area contributed by atoms with Gasteiger partial charge in [0.05, 0.1) is 6.10 Å². The molecule has 0 unspecified atom stereocenters. The number of esters is 1. The number of epoxide rings is 1. The van der Waals surface area contributed by atoms with E-state index < -0.39 is 83.3 Å². The lowest BCUT2D eigenvalue weighted by Crippen LogP contribution is -2.70. The van der Waals surface area contributed by atoms with Gasteiger partial charge in [-0.3, -0.25) is 4.79 Å². The van der Waals surface area contributed by atoms with Gasteiger partial charge in [0, 0.05) is 29.7 Å². The van der Waals surface area contributed by atoms with Crippen molar-refractivity contribution in [2.75, 3.05) is 13.7 Å². The fourth-order valence-corrected chi connectivity index (χ4v) is 7.45. The number of aliphatic hydroxyl groups is 5. The number of cyclic esters (lactones) is 1. The van der Waals surface area contributed by atoms with E-state index in [1.165, 1.54) is 19.1 Å². The lowest BCUT2D eigenvalue weighted by atomic mass is 9.75. The molecule has 10 atom stereocenters. The van der Waals surface area contributed by atoms with E-state index in [0.29, 0.717) is 0 Å². The second-order valence-corrected chi connectivity index (χ2v) is 10.8. The van der Waals surface area contributed by atoms with Crippen LogP contribution in [0.25, 0.3) is 0 Å². The number of ether oxygens (including phenoxy) is 5. The Morgan fingerprint density at radius 3 is 2.57 bits per heavy atom. The molecule has 3 fully saturated rings. The molecule has 5 bridgehead atoms. The number of Topliss-reactive ketones (excluding diaryl/α,β-unsaturated/α-hetero) is 1. The van der Waals surface area contributed by atoms with Crippen LogP contribution in [0.4, 0.5) is 0 Å². The molecule has 37 heavy (non-hydrogen) atoms. The van der Waals surface area contributed by atoms with Crippen LogP contribution < -0.4 is 0 Å². The number of aliphatic hydroxyl groups excluding tert-OH is 4. The van der Waals surface area contributed by atoms with Gasteiger partial charge in [-0.2, -0.15) is 0 Å². The standard InChI is InChI=1S/C24H23ClO12/c1-7-15(29)21-18(33-2)19(31)34-6-11(26)8-3-9-14(10(25)4-8)16(30)23-13(28)5-12(27)22(9,23)37-24(32,17(7)35-23)20(21)36-21/h3-4,11-13,16,18,20,26-28,30,32H,5-6H2,1-2H3/t11-,12+,13+,16+,18-,20+,21+,22+,23+,24+/m0/s1. The van der Waals surface area contributed by atoms with Gasteiger partial charge in [0.2, 0.25) is 0 Å². The molecule has 0 aromatic heterocycles. The third-order valence-electron chi connectivity index (χ3n) is 8.78. The van der Waals surface area contributed by atoms with Gasteiger partial charge in [0.1, 0.15) is 24.9 Å². The Bertz CT molecular complexity index is 1330. The van der Waals surface area contributed by atoms with Gasteiger partial charge >= 0.3 is 5.97 Å². The van der Waals surface area contributed by atoms with Crippen LogP contribution in [-0.2, 0) is 38.9 Å². The highest BCUT2D eigenvalue weighted by molar-refractivity contribution is 6.31. The van der Waals surface area contributed by atoms with Crippen LogP contribution in [0.2, 0.25) is 5.02 Å². The number of benzene rings is 1.